The number of hydrogen-bond donors (Lipinski definition) is 2. The maximum absolute atomic E-state index is 12.6. The molecule has 3 aromatic rings. The Bertz CT molecular complexity index is 1230. The molecule has 6 nitrogen and oxygen atoms in total. The maximum Gasteiger partial charge on any atom is 0.335 e. The Labute approximate surface area is 197 Å². The molecule has 8 heteroatoms. The average molecular weight is 512 g/mol. The predicted molar refractivity (Wildman–Crippen MR) is 126 cm³/mol. The van der Waals surface area contributed by atoms with Crippen LogP contribution in [0, 0.1) is 11.3 Å². The maximum atomic E-state index is 12.6. The number of amides is 1. The first kappa shape index (κ1) is 23.1. The van der Waals surface area contributed by atoms with E-state index in [4.69, 9.17) is 21.4 Å². The number of rotatable bonds is 7. The van der Waals surface area contributed by atoms with Crippen molar-refractivity contribution in [2.45, 2.75) is 6.61 Å². The fourth-order valence-electron chi connectivity index (χ4n) is 2.74. The topological polar surface area (TPSA) is 99.4 Å². The highest BCUT2D eigenvalue weighted by Gasteiger charge is 2.12. The first-order chi connectivity index (χ1) is 15.4. The van der Waals surface area contributed by atoms with Crippen LogP contribution < -0.4 is 10.1 Å². The molecule has 1 amide bonds. The third-order valence-corrected chi connectivity index (χ3v) is 5.04. The molecule has 0 aromatic heterocycles. The van der Waals surface area contributed by atoms with Crippen molar-refractivity contribution < 1.29 is 19.4 Å². The largest absolute Gasteiger partial charge is 0.488 e. The molecule has 0 saturated carbocycles. The molecule has 0 radical (unpaired) electrons. The van der Waals surface area contributed by atoms with E-state index < -0.39 is 11.9 Å². The summed E-state index contributed by atoms with van der Waals surface area (Å²) in [6.07, 6.45) is 1.44. The summed E-state index contributed by atoms with van der Waals surface area (Å²) in [7, 11) is 0. The van der Waals surface area contributed by atoms with Crippen LogP contribution in [0.2, 0.25) is 5.02 Å². The van der Waals surface area contributed by atoms with Crippen molar-refractivity contribution in [2.24, 2.45) is 0 Å². The summed E-state index contributed by atoms with van der Waals surface area (Å²) >= 11 is 9.32. The molecule has 0 aliphatic heterocycles. The fraction of sp³-hybridized carbons (Fsp3) is 0.0417. The monoisotopic (exact) mass is 510 g/mol. The summed E-state index contributed by atoms with van der Waals surface area (Å²) in [4.78, 5) is 23.6. The van der Waals surface area contributed by atoms with Crippen molar-refractivity contribution in [2.75, 3.05) is 5.32 Å². The molecular formula is C24H16BrClN2O4. The molecule has 0 bridgehead atoms. The Hall–Kier alpha value is -3.60. The van der Waals surface area contributed by atoms with Crippen LogP contribution >= 0.6 is 27.5 Å². The molecule has 0 heterocycles. The van der Waals surface area contributed by atoms with Crippen LogP contribution in [0.25, 0.3) is 6.08 Å². The number of carbonyl (C=O) groups excluding carboxylic acids is 1. The fourth-order valence-corrected chi connectivity index (χ4v) is 3.31. The highest BCUT2D eigenvalue weighted by Crippen LogP contribution is 2.27. The summed E-state index contributed by atoms with van der Waals surface area (Å²) in [6, 6.07) is 20.1. The number of benzene rings is 3. The van der Waals surface area contributed by atoms with Gasteiger partial charge in [-0.1, -0.05) is 45.7 Å². The lowest BCUT2D eigenvalue weighted by molar-refractivity contribution is -0.112. The second kappa shape index (κ2) is 10.6. The molecule has 0 aliphatic rings. The first-order valence-corrected chi connectivity index (χ1v) is 10.5. The van der Waals surface area contributed by atoms with Gasteiger partial charge >= 0.3 is 5.97 Å². The van der Waals surface area contributed by atoms with E-state index in [2.05, 4.69) is 21.2 Å². The Balaban J connectivity index is 1.80. The van der Waals surface area contributed by atoms with Gasteiger partial charge in [0, 0.05) is 20.7 Å². The predicted octanol–water partition coefficient (Wildman–Crippen LogP) is 5.93. The van der Waals surface area contributed by atoms with Crippen LogP contribution in [0.3, 0.4) is 0 Å². The van der Waals surface area contributed by atoms with E-state index in [-0.39, 0.29) is 17.7 Å². The van der Waals surface area contributed by atoms with Gasteiger partial charge in [0.2, 0.25) is 0 Å². The van der Waals surface area contributed by atoms with Crippen LogP contribution in [-0.4, -0.2) is 17.0 Å². The normalized spacial score (nSPS) is 10.8. The van der Waals surface area contributed by atoms with Crippen molar-refractivity contribution in [1.29, 1.82) is 5.26 Å². The Morgan fingerprint density at radius 3 is 2.53 bits per heavy atom. The van der Waals surface area contributed by atoms with Gasteiger partial charge in [0.1, 0.15) is 24.0 Å². The number of carbonyl (C=O) groups is 2. The standard InChI is InChI=1S/C24H16BrClN2O4/c25-19-8-9-22(32-14-15-4-6-16(7-5-15)24(30)31)17(11-19)10-18(13-27)23(29)28-21-3-1-2-20(26)12-21/h1-12H,14H2,(H,28,29)(H,30,31)/b18-10+. The van der Waals surface area contributed by atoms with Gasteiger partial charge in [0.25, 0.3) is 5.91 Å². The minimum atomic E-state index is -1.00. The van der Waals surface area contributed by atoms with E-state index in [1.807, 2.05) is 6.07 Å². The number of nitriles is 1. The minimum absolute atomic E-state index is 0.112. The molecule has 3 aromatic carbocycles. The van der Waals surface area contributed by atoms with Crippen LogP contribution in [0.1, 0.15) is 21.5 Å². The second-order valence-corrected chi connectivity index (χ2v) is 7.96. The van der Waals surface area contributed by atoms with E-state index in [1.54, 1.807) is 54.6 Å². The van der Waals surface area contributed by atoms with Crippen LogP contribution in [0.5, 0.6) is 5.75 Å². The van der Waals surface area contributed by atoms with Crippen molar-refractivity contribution >= 4 is 51.2 Å². The number of aromatic carboxylic acids is 1. The summed E-state index contributed by atoms with van der Waals surface area (Å²) in [5.41, 5.74) is 1.84. The molecule has 2 N–H and O–H groups in total. The van der Waals surface area contributed by atoms with Gasteiger partial charge in [0.15, 0.2) is 0 Å². The van der Waals surface area contributed by atoms with Gasteiger partial charge in [-0.2, -0.15) is 5.26 Å². The van der Waals surface area contributed by atoms with Crippen LogP contribution in [0.4, 0.5) is 5.69 Å². The lowest BCUT2D eigenvalue weighted by Gasteiger charge is -2.11. The molecule has 3 rings (SSSR count). The Kier molecular flexibility index (Phi) is 7.66. The number of nitrogens with one attached hydrogen (secondary N) is 1. The van der Waals surface area contributed by atoms with Gasteiger partial charge < -0.3 is 15.2 Å². The van der Waals surface area contributed by atoms with Crippen molar-refractivity contribution in [1.82, 2.24) is 0 Å². The van der Waals surface area contributed by atoms with Crippen LogP contribution in [0.15, 0.2) is 76.8 Å². The smallest absolute Gasteiger partial charge is 0.335 e. The molecule has 0 fully saturated rings. The zero-order valence-electron chi connectivity index (χ0n) is 16.5. The van der Waals surface area contributed by atoms with E-state index >= 15 is 0 Å². The van der Waals surface area contributed by atoms with Gasteiger partial charge in [0.05, 0.1) is 5.56 Å². The zero-order valence-corrected chi connectivity index (χ0v) is 18.9. The van der Waals surface area contributed by atoms with Gasteiger partial charge in [-0.05, 0) is 60.2 Å². The van der Waals surface area contributed by atoms with Gasteiger partial charge in [-0.15, -0.1) is 0 Å². The molecule has 0 atom stereocenters. The van der Waals surface area contributed by atoms with Crippen molar-refractivity contribution in [3.05, 3.63) is 98.5 Å². The number of carboxylic acid groups (broad SMARTS) is 1. The van der Waals surface area contributed by atoms with Crippen molar-refractivity contribution in [3.8, 4) is 11.8 Å². The molecular weight excluding hydrogens is 496 g/mol. The Morgan fingerprint density at radius 1 is 1.12 bits per heavy atom. The van der Waals surface area contributed by atoms with Crippen molar-refractivity contribution in [3.63, 3.8) is 0 Å². The van der Waals surface area contributed by atoms with Gasteiger partial charge in [-0.3, -0.25) is 4.79 Å². The molecule has 0 saturated heterocycles. The van der Waals surface area contributed by atoms with Crippen LogP contribution in [-0.2, 0) is 11.4 Å². The van der Waals surface area contributed by atoms with Gasteiger partial charge in [-0.25, -0.2) is 4.79 Å². The summed E-state index contributed by atoms with van der Waals surface area (Å²) in [5, 5.41) is 21.6. The number of anilines is 1. The Morgan fingerprint density at radius 2 is 1.88 bits per heavy atom. The van der Waals surface area contributed by atoms with E-state index in [1.165, 1.54) is 18.2 Å². The summed E-state index contributed by atoms with van der Waals surface area (Å²) in [5.74, 6) is -1.12. The molecule has 0 spiro atoms. The van der Waals surface area contributed by atoms with E-state index in [0.717, 1.165) is 10.0 Å². The number of ether oxygens (including phenoxy) is 1. The molecule has 32 heavy (non-hydrogen) atoms. The summed E-state index contributed by atoms with van der Waals surface area (Å²) < 4.78 is 6.61. The quantitative estimate of drug-likeness (QED) is 0.303. The average Bonchev–Trinajstić information content (AvgIpc) is 2.77. The number of hydrogen-bond acceptors (Lipinski definition) is 4. The second-order valence-electron chi connectivity index (χ2n) is 6.61. The lowest BCUT2D eigenvalue weighted by Crippen LogP contribution is -2.13. The highest BCUT2D eigenvalue weighted by atomic mass is 79.9. The minimum Gasteiger partial charge on any atom is -0.488 e. The van der Waals surface area contributed by atoms with E-state index in [0.29, 0.717) is 22.0 Å². The summed E-state index contributed by atoms with van der Waals surface area (Å²) in [6.45, 7) is 0.180. The third-order valence-electron chi connectivity index (χ3n) is 4.31. The zero-order chi connectivity index (χ0) is 23.1. The SMILES string of the molecule is N#C/C(=C\c1cc(Br)ccc1OCc1ccc(C(=O)O)cc1)C(=O)Nc1cccc(Cl)c1. The number of nitrogens with zero attached hydrogens (tertiary/aromatic N) is 1. The van der Waals surface area contributed by atoms with E-state index in [9.17, 15) is 14.9 Å². The molecule has 0 unspecified atom stereocenters. The lowest BCUT2D eigenvalue weighted by atomic mass is 10.1. The third kappa shape index (κ3) is 6.20. The number of carboxylic acids is 1. The number of halogens is 2. The molecule has 0 aliphatic carbocycles. The molecule has 160 valence electrons. The highest BCUT2D eigenvalue weighted by molar-refractivity contribution is 9.10. The first-order valence-electron chi connectivity index (χ1n) is 9.29.